The normalized spacial score (nSPS) is 15.1. The number of thiazole rings is 1. The van der Waals surface area contributed by atoms with Crippen LogP contribution < -0.4 is 14.2 Å². The van der Waals surface area contributed by atoms with E-state index >= 15 is 0 Å². The van der Waals surface area contributed by atoms with E-state index in [9.17, 15) is 30.6 Å². The molecule has 0 unspecified atom stereocenters. The molecular weight excluding hydrogens is 622 g/mol. The molecule has 0 spiro atoms. The van der Waals surface area contributed by atoms with Crippen LogP contribution in [0.2, 0.25) is 0 Å². The minimum atomic E-state index is -4.13. The number of carbonyl (C=O) groups excluding carboxylic acids is 1. The molecule has 9 nitrogen and oxygen atoms in total. The molecule has 0 radical (unpaired) electrons. The number of aryl methyl sites for hydroxylation is 1. The minimum Gasteiger partial charge on any atom is -0.318 e. The van der Waals surface area contributed by atoms with Gasteiger partial charge in [0.2, 0.25) is 11.4 Å². The van der Waals surface area contributed by atoms with E-state index in [1.807, 2.05) is 58.7 Å². The van der Waals surface area contributed by atoms with Crippen LogP contribution in [-0.4, -0.2) is 38.9 Å². The first kappa shape index (κ1) is 30.2. The first-order valence-corrected chi connectivity index (χ1v) is 17.6. The van der Waals surface area contributed by atoms with Crippen molar-refractivity contribution in [3.63, 3.8) is 0 Å². The average molecular weight is 649 g/mol. The van der Waals surface area contributed by atoms with Gasteiger partial charge in [0, 0.05) is 24.3 Å². The molecule has 42 heavy (non-hydrogen) atoms. The predicted octanol–water partition coefficient (Wildman–Crippen LogP) is 5.04. The Morgan fingerprint density at radius 2 is 1.86 bits per heavy atom. The van der Waals surface area contributed by atoms with Crippen LogP contribution in [0.4, 0.5) is 10.1 Å². The van der Waals surface area contributed by atoms with Crippen molar-refractivity contribution in [1.82, 2.24) is 4.72 Å². The molecule has 0 saturated heterocycles. The molecule has 2 N–H and O–H groups in total. The van der Waals surface area contributed by atoms with Gasteiger partial charge in [-0.05, 0) is 54.3 Å². The van der Waals surface area contributed by atoms with E-state index in [2.05, 4.69) is 0 Å². The van der Waals surface area contributed by atoms with E-state index in [4.69, 9.17) is 0 Å². The topological polar surface area (TPSA) is 125 Å². The van der Waals surface area contributed by atoms with E-state index in [0.717, 1.165) is 38.5 Å². The lowest BCUT2D eigenvalue weighted by Crippen LogP contribution is -2.37. The fraction of sp³-hybridized carbons (Fsp3) is 0.214. The largest absolute Gasteiger partial charge is 0.318 e. The number of thioether (sulfide) groups is 1. The van der Waals surface area contributed by atoms with Crippen molar-refractivity contribution in [3.8, 4) is 0 Å². The summed E-state index contributed by atoms with van der Waals surface area (Å²) in [7, 11) is -8.18. The Hall–Kier alpha value is -3.30. The highest BCUT2D eigenvalue weighted by atomic mass is 32.2. The smallest absolute Gasteiger partial charge is 0.265 e. The number of anilines is 1. The number of nitrogens with zero attached hydrogens (tertiary/aromatic N) is 2. The van der Waals surface area contributed by atoms with E-state index in [1.54, 1.807) is 12.1 Å². The van der Waals surface area contributed by atoms with E-state index in [-0.39, 0.29) is 12.2 Å². The zero-order valence-electron chi connectivity index (χ0n) is 22.6. The van der Waals surface area contributed by atoms with Gasteiger partial charge in [0.05, 0.1) is 21.9 Å². The molecule has 0 aliphatic carbocycles. The summed E-state index contributed by atoms with van der Waals surface area (Å²) in [4.78, 5) is 13.6. The van der Waals surface area contributed by atoms with Gasteiger partial charge in [-0.1, -0.05) is 47.4 Å². The van der Waals surface area contributed by atoms with E-state index in [0.29, 0.717) is 22.2 Å². The van der Waals surface area contributed by atoms with Crippen LogP contribution in [0, 0.1) is 5.82 Å². The van der Waals surface area contributed by atoms with Crippen molar-refractivity contribution in [1.29, 1.82) is 0 Å². The van der Waals surface area contributed by atoms with Crippen LogP contribution >= 0.6 is 23.1 Å². The molecule has 1 aliphatic rings. The summed E-state index contributed by atoms with van der Waals surface area (Å²) in [5.41, 5.74) is 2.08. The van der Waals surface area contributed by atoms with Crippen molar-refractivity contribution < 1.29 is 35.1 Å². The first-order valence-electron chi connectivity index (χ1n) is 12.7. The molecule has 4 aromatic rings. The number of hydrogen-bond donors (Lipinski definition) is 2. The van der Waals surface area contributed by atoms with Gasteiger partial charge in [0.15, 0.2) is 6.54 Å². The minimum absolute atomic E-state index is 0.199. The predicted molar refractivity (Wildman–Crippen MR) is 165 cm³/mol. The fourth-order valence-corrected chi connectivity index (χ4v) is 8.84. The molecular formula is C28H27FN3O6S4+. The summed E-state index contributed by atoms with van der Waals surface area (Å²) in [5.74, 6) is -2.20. The van der Waals surface area contributed by atoms with Crippen LogP contribution in [0.3, 0.4) is 0 Å². The molecule has 5 rings (SSSR count). The van der Waals surface area contributed by atoms with Crippen molar-refractivity contribution in [2.24, 2.45) is 0 Å². The Kier molecular flexibility index (Phi) is 8.45. The highest BCUT2D eigenvalue weighted by Gasteiger charge is 2.30. The van der Waals surface area contributed by atoms with Crippen LogP contribution in [0.1, 0.15) is 25.3 Å². The number of allylic oxidation sites excluding steroid dienone is 2. The van der Waals surface area contributed by atoms with Gasteiger partial charge in [-0.15, -0.1) is 0 Å². The third-order valence-corrected chi connectivity index (χ3v) is 10.6. The summed E-state index contributed by atoms with van der Waals surface area (Å²) in [6.07, 6.45) is 3.91. The molecule has 0 atom stereocenters. The van der Waals surface area contributed by atoms with Gasteiger partial charge in [-0.3, -0.25) is 14.1 Å². The van der Waals surface area contributed by atoms with Gasteiger partial charge < -0.3 is 4.90 Å². The monoisotopic (exact) mass is 648 g/mol. The summed E-state index contributed by atoms with van der Waals surface area (Å²) in [6, 6.07) is 16.1. The van der Waals surface area contributed by atoms with E-state index < -0.39 is 37.7 Å². The first-order chi connectivity index (χ1) is 19.8. The van der Waals surface area contributed by atoms with Gasteiger partial charge in [-0.2, -0.15) is 13.0 Å². The summed E-state index contributed by atoms with van der Waals surface area (Å²) < 4.78 is 76.6. The van der Waals surface area contributed by atoms with Gasteiger partial charge in [-0.25, -0.2) is 12.8 Å². The Bertz CT molecular complexity index is 2000. The van der Waals surface area contributed by atoms with Gasteiger partial charge in [0.25, 0.3) is 25.1 Å². The Balaban J connectivity index is 1.57. The van der Waals surface area contributed by atoms with Crippen LogP contribution in [0.5, 0.6) is 0 Å². The van der Waals surface area contributed by atoms with E-state index in [1.165, 1.54) is 40.1 Å². The van der Waals surface area contributed by atoms with Crippen LogP contribution in [0.25, 0.3) is 27.1 Å². The van der Waals surface area contributed by atoms with Crippen LogP contribution in [-0.2, 0) is 31.5 Å². The number of sulfonamides is 1. The number of nitrogens with one attached hydrogen (secondary N) is 1. The molecule has 1 aromatic heterocycles. The van der Waals surface area contributed by atoms with Crippen molar-refractivity contribution in [2.75, 3.05) is 16.5 Å². The molecule has 0 saturated carbocycles. The van der Waals surface area contributed by atoms with Gasteiger partial charge in [0.1, 0.15) is 16.4 Å². The lowest BCUT2D eigenvalue weighted by atomic mass is 10.1. The van der Waals surface area contributed by atoms with Crippen LogP contribution in [0.15, 0.2) is 76.2 Å². The lowest BCUT2D eigenvalue weighted by Gasteiger charge is -2.20. The quantitative estimate of drug-likeness (QED) is 0.191. The number of aromatic nitrogens is 1. The molecule has 1 aliphatic heterocycles. The summed E-state index contributed by atoms with van der Waals surface area (Å²) in [6.45, 7) is 3.29. The number of benzene rings is 3. The highest BCUT2D eigenvalue weighted by molar-refractivity contribution is 8.03. The summed E-state index contributed by atoms with van der Waals surface area (Å²) in [5, 5.41) is 3.40. The second-order valence-electron chi connectivity index (χ2n) is 9.78. The average Bonchev–Trinajstić information content (AvgIpc) is 3.39. The molecule has 3 aromatic carbocycles. The maximum Gasteiger partial charge on any atom is 0.265 e. The molecule has 1 amide bonds. The zero-order valence-corrected chi connectivity index (χ0v) is 25.8. The molecule has 0 fully saturated rings. The Morgan fingerprint density at radius 1 is 1.10 bits per heavy atom. The van der Waals surface area contributed by atoms with Crippen molar-refractivity contribution >= 4 is 81.9 Å². The van der Waals surface area contributed by atoms with Crippen molar-refractivity contribution in [2.45, 2.75) is 31.7 Å². The number of halogens is 1. The SMILES string of the molecule is CC(=O)NS(=O)(=O)CN1C(=CC(C)=Cc2sc3ccc4ccccc4c3[n+]2CCCS(=O)(=O)O)Sc2ccc(F)cc21. The zero-order chi connectivity index (χ0) is 30.2. The molecule has 220 valence electrons. The maximum atomic E-state index is 14.1. The Morgan fingerprint density at radius 3 is 2.60 bits per heavy atom. The lowest BCUT2D eigenvalue weighted by molar-refractivity contribution is -0.667. The second kappa shape index (κ2) is 11.8. The molecule has 14 heteroatoms. The highest BCUT2D eigenvalue weighted by Crippen LogP contribution is 2.46. The number of amides is 1. The second-order valence-corrected chi connectivity index (χ2v) is 15.2. The number of hydrogen-bond acceptors (Lipinski definition) is 8. The third kappa shape index (κ3) is 6.84. The fourth-order valence-electron chi connectivity index (χ4n) is 4.78. The third-order valence-electron chi connectivity index (χ3n) is 6.39. The van der Waals surface area contributed by atoms with Crippen molar-refractivity contribution in [3.05, 3.63) is 82.1 Å². The Labute approximate surface area is 251 Å². The standard InChI is InChI=1S/C28H26FN3O6S4/c1-18(15-27-32(17-41(34,35)30-19(2)33)23-16-21(29)9-11-24(23)39-27)14-26-31(12-5-13-42(36,37)38)28-22-7-4-3-6-20(22)8-10-25(28)40-26/h3-4,6-11,14-16H,5,12-13,17H2,1-2H3,(H-,30,33,36,37,38)/p+1. The summed E-state index contributed by atoms with van der Waals surface area (Å²) >= 11 is 2.81. The maximum absolute atomic E-state index is 14.1. The number of carbonyl (C=O) groups is 1. The number of fused-ring (bicyclic) bond motifs is 4. The molecule has 2 heterocycles. The van der Waals surface area contributed by atoms with Gasteiger partial charge >= 0.3 is 0 Å². The molecule has 0 bridgehead atoms. The number of rotatable bonds is 9.